The monoisotopic (exact) mass is 651 g/mol. The number of nitrogens with two attached hydrogens (primary N) is 1. The van der Waals surface area contributed by atoms with Crippen LogP contribution in [0.1, 0.15) is 101 Å². The number of anilines is 1. The number of amides is 2. The Kier molecular flexibility index (Phi) is 15.7. The van der Waals surface area contributed by atoms with E-state index in [-0.39, 0.29) is 42.6 Å². The normalized spacial score (nSPS) is 21.6. The second kappa shape index (κ2) is 19.2. The van der Waals surface area contributed by atoms with E-state index in [0.29, 0.717) is 35.0 Å². The summed E-state index contributed by atoms with van der Waals surface area (Å²) in [6.45, 7) is 5.42. The maximum atomic E-state index is 13.1. The number of nitrogens with zero attached hydrogens (tertiary/aromatic N) is 2. The minimum atomic E-state index is -0.776. The molecule has 0 aliphatic carbocycles. The SMILES string of the molecule is CCCCC[C@H](CC(=O)O)N1CCCCC1NC(=O)CCCCCN1CC[C@@H](NC(=O)c2cc(Cl)c(N)cc2OC)[C@@H](OC)C1. The van der Waals surface area contributed by atoms with Crippen LogP contribution in [0.4, 0.5) is 5.69 Å². The van der Waals surface area contributed by atoms with Crippen LogP contribution < -0.4 is 21.1 Å². The van der Waals surface area contributed by atoms with Gasteiger partial charge in [-0.15, -0.1) is 0 Å². The number of carboxylic acids is 1. The number of ether oxygens (including phenoxy) is 2. The zero-order valence-corrected chi connectivity index (χ0v) is 28.1. The molecule has 12 heteroatoms. The molecular weight excluding hydrogens is 598 g/mol. The molecule has 0 spiro atoms. The smallest absolute Gasteiger partial charge is 0.304 e. The molecule has 2 aliphatic heterocycles. The van der Waals surface area contributed by atoms with Crippen LogP contribution in [0, 0.1) is 0 Å². The van der Waals surface area contributed by atoms with Gasteiger partial charge in [0, 0.05) is 45.3 Å². The summed E-state index contributed by atoms with van der Waals surface area (Å²) < 4.78 is 11.1. The van der Waals surface area contributed by atoms with Crippen molar-refractivity contribution in [2.24, 2.45) is 0 Å². The third-order valence-electron chi connectivity index (χ3n) is 9.10. The van der Waals surface area contributed by atoms with Crippen molar-refractivity contribution in [2.75, 3.05) is 46.1 Å². The molecule has 1 aromatic rings. The van der Waals surface area contributed by atoms with Gasteiger partial charge >= 0.3 is 5.97 Å². The number of nitrogens with one attached hydrogen (secondary N) is 2. The van der Waals surface area contributed by atoms with Gasteiger partial charge in [-0.05, 0) is 57.6 Å². The molecule has 11 nitrogen and oxygen atoms in total. The van der Waals surface area contributed by atoms with Gasteiger partial charge in [0.2, 0.25) is 5.91 Å². The summed E-state index contributed by atoms with van der Waals surface area (Å²) in [6.07, 6.45) is 10.8. The first kappa shape index (κ1) is 36.9. The first-order valence-electron chi connectivity index (χ1n) is 16.6. The fraction of sp³-hybridized carbons (Fsp3) is 0.727. The van der Waals surface area contributed by atoms with Crippen LogP contribution in [0.5, 0.6) is 5.75 Å². The second-order valence-electron chi connectivity index (χ2n) is 12.4. The number of hydrogen-bond acceptors (Lipinski definition) is 8. The highest BCUT2D eigenvalue weighted by Gasteiger charge is 2.32. The van der Waals surface area contributed by atoms with Gasteiger partial charge in [-0.25, -0.2) is 0 Å². The molecule has 2 aliphatic rings. The number of piperidine rings is 2. The molecule has 3 rings (SSSR count). The quantitative estimate of drug-likeness (QED) is 0.131. The Labute approximate surface area is 273 Å². The summed E-state index contributed by atoms with van der Waals surface area (Å²) in [6, 6.07) is 2.89. The van der Waals surface area contributed by atoms with Gasteiger partial charge in [0.1, 0.15) is 5.75 Å². The van der Waals surface area contributed by atoms with E-state index >= 15 is 0 Å². The fourth-order valence-electron chi connectivity index (χ4n) is 6.57. The van der Waals surface area contributed by atoms with E-state index in [4.69, 9.17) is 26.8 Å². The summed E-state index contributed by atoms with van der Waals surface area (Å²) in [5, 5.41) is 16.1. The average Bonchev–Trinajstić information content (AvgIpc) is 3.02. The fourth-order valence-corrected chi connectivity index (χ4v) is 6.73. The summed E-state index contributed by atoms with van der Waals surface area (Å²) in [5.41, 5.74) is 6.54. The van der Waals surface area contributed by atoms with Gasteiger partial charge in [0.25, 0.3) is 5.91 Å². The van der Waals surface area contributed by atoms with Crippen molar-refractivity contribution in [1.82, 2.24) is 20.4 Å². The van der Waals surface area contributed by atoms with Gasteiger partial charge in [-0.3, -0.25) is 19.3 Å². The van der Waals surface area contributed by atoms with Gasteiger partial charge in [0.05, 0.1) is 48.1 Å². The van der Waals surface area contributed by atoms with Crippen molar-refractivity contribution in [3.63, 3.8) is 0 Å². The highest BCUT2D eigenvalue weighted by molar-refractivity contribution is 6.33. The number of aliphatic carboxylic acids is 1. The molecule has 1 aromatic carbocycles. The number of carboxylic acid groups (broad SMARTS) is 1. The Balaban J connectivity index is 1.39. The van der Waals surface area contributed by atoms with Crippen LogP contribution in [0.25, 0.3) is 0 Å². The van der Waals surface area contributed by atoms with E-state index in [0.717, 1.165) is 90.3 Å². The molecule has 254 valence electrons. The van der Waals surface area contributed by atoms with E-state index in [1.165, 1.54) is 13.2 Å². The molecule has 0 bridgehead atoms. The first-order valence-corrected chi connectivity index (χ1v) is 17.0. The number of rotatable bonds is 18. The van der Waals surface area contributed by atoms with Crippen LogP contribution in [0.15, 0.2) is 12.1 Å². The maximum absolute atomic E-state index is 13.1. The Hall–Kier alpha value is -2.60. The van der Waals surface area contributed by atoms with Crippen molar-refractivity contribution in [3.8, 4) is 5.75 Å². The third kappa shape index (κ3) is 11.6. The third-order valence-corrected chi connectivity index (χ3v) is 9.42. The number of benzene rings is 1. The largest absolute Gasteiger partial charge is 0.496 e. The Morgan fingerprint density at radius 3 is 2.58 bits per heavy atom. The predicted molar refractivity (Wildman–Crippen MR) is 177 cm³/mol. The van der Waals surface area contributed by atoms with Crippen LogP contribution in [0.3, 0.4) is 0 Å². The highest BCUT2D eigenvalue weighted by Crippen LogP contribution is 2.29. The van der Waals surface area contributed by atoms with Crippen molar-refractivity contribution in [3.05, 3.63) is 22.7 Å². The summed E-state index contributed by atoms with van der Waals surface area (Å²) >= 11 is 6.15. The first-order chi connectivity index (χ1) is 21.7. The average molecular weight is 652 g/mol. The molecule has 45 heavy (non-hydrogen) atoms. The van der Waals surface area contributed by atoms with Crippen LogP contribution in [-0.2, 0) is 14.3 Å². The van der Waals surface area contributed by atoms with Crippen LogP contribution in [-0.4, -0.2) is 97.4 Å². The minimum absolute atomic E-state index is 0.0351. The van der Waals surface area contributed by atoms with Crippen LogP contribution >= 0.6 is 11.6 Å². The number of hydrogen-bond donors (Lipinski definition) is 4. The number of likely N-dealkylation sites (tertiary alicyclic amines) is 2. The zero-order chi connectivity index (χ0) is 32.8. The van der Waals surface area contributed by atoms with Crippen molar-refractivity contribution < 1.29 is 29.0 Å². The molecule has 2 fully saturated rings. The van der Waals surface area contributed by atoms with Crippen molar-refractivity contribution in [1.29, 1.82) is 0 Å². The molecule has 2 amide bonds. The molecule has 0 aromatic heterocycles. The molecule has 2 heterocycles. The molecule has 1 unspecified atom stereocenters. The minimum Gasteiger partial charge on any atom is -0.496 e. The molecule has 2 saturated heterocycles. The van der Waals surface area contributed by atoms with E-state index < -0.39 is 5.97 Å². The number of halogens is 1. The summed E-state index contributed by atoms with van der Waals surface area (Å²) in [7, 11) is 3.15. The number of methoxy groups -OCH3 is 2. The van der Waals surface area contributed by atoms with E-state index in [9.17, 15) is 19.5 Å². The molecular formula is C33H54ClN5O6. The number of carbonyl (C=O) groups is 3. The molecule has 0 radical (unpaired) electrons. The Morgan fingerprint density at radius 1 is 1.07 bits per heavy atom. The number of nitrogen functional groups attached to an aromatic ring is 1. The lowest BCUT2D eigenvalue weighted by molar-refractivity contribution is -0.139. The van der Waals surface area contributed by atoms with E-state index in [2.05, 4.69) is 27.4 Å². The van der Waals surface area contributed by atoms with Crippen molar-refractivity contribution in [2.45, 2.75) is 115 Å². The van der Waals surface area contributed by atoms with Crippen LogP contribution in [0.2, 0.25) is 5.02 Å². The summed E-state index contributed by atoms with van der Waals surface area (Å²) in [4.78, 5) is 42.1. The predicted octanol–water partition coefficient (Wildman–Crippen LogP) is 4.66. The number of unbranched alkanes of at least 4 members (excludes halogenated alkanes) is 4. The summed E-state index contributed by atoms with van der Waals surface area (Å²) in [5.74, 6) is -0.639. The Morgan fingerprint density at radius 2 is 1.87 bits per heavy atom. The Bertz CT molecular complexity index is 1110. The lowest BCUT2D eigenvalue weighted by atomic mass is 9.98. The van der Waals surface area contributed by atoms with E-state index in [1.807, 2.05) is 0 Å². The van der Waals surface area contributed by atoms with Crippen molar-refractivity contribution >= 4 is 35.1 Å². The second-order valence-corrected chi connectivity index (χ2v) is 12.8. The topological polar surface area (TPSA) is 146 Å². The lowest BCUT2D eigenvalue weighted by Gasteiger charge is -2.41. The standard InChI is InChI=1S/C33H54ClN5O6/c1-4-5-7-12-23(19-32(41)42)39-17-11-9-13-30(39)37-31(40)14-8-6-10-16-38-18-15-27(29(22-38)45-3)36-33(43)24-20-25(34)26(35)21-28(24)44-2/h20-21,23,27,29-30H,4-19,22,35H2,1-3H3,(H,36,43)(H,37,40)(H,41,42)/t23-,27-,29+,30?/m1/s1. The van der Waals surface area contributed by atoms with Gasteiger partial charge in [-0.1, -0.05) is 44.2 Å². The molecule has 4 atom stereocenters. The van der Waals surface area contributed by atoms with Gasteiger partial charge in [0.15, 0.2) is 0 Å². The molecule has 5 N–H and O–H groups in total. The zero-order valence-electron chi connectivity index (χ0n) is 27.3. The molecule has 0 saturated carbocycles. The van der Waals surface area contributed by atoms with Gasteiger partial charge in [-0.2, -0.15) is 0 Å². The maximum Gasteiger partial charge on any atom is 0.304 e. The highest BCUT2D eigenvalue weighted by atomic mass is 35.5. The van der Waals surface area contributed by atoms with E-state index in [1.54, 1.807) is 13.2 Å². The lowest BCUT2D eigenvalue weighted by Crippen LogP contribution is -2.55. The number of carbonyl (C=O) groups excluding carboxylic acids is 2. The van der Waals surface area contributed by atoms with Gasteiger partial charge < -0.3 is 35.8 Å².